The number of para-hydroxylation sites is 1. The molecule has 0 aliphatic carbocycles. The number of aromatic nitrogens is 2. The molecule has 0 spiro atoms. The van der Waals surface area contributed by atoms with E-state index in [-0.39, 0.29) is 11.4 Å². The highest BCUT2D eigenvalue weighted by atomic mass is 32.1. The lowest BCUT2D eigenvalue weighted by Crippen LogP contribution is -2.17. The van der Waals surface area contributed by atoms with Gasteiger partial charge in [-0.1, -0.05) is 13.0 Å². The fraction of sp³-hybridized carbons (Fsp3) is 0.211. The van der Waals surface area contributed by atoms with Gasteiger partial charge in [0.25, 0.3) is 0 Å². The molecule has 2 N–H and O–H groups in total. The maximum Gasteiger partial charge on any atom is 0.185 e. The fourth-order valence-electron chi connectivity index (χ4n) is 3.23. The first-order valence-corrected chi connectivity index (χ1v) is 8.94. The molecule has 1 aliphatic heterocycles. The van der Waals surface area contributed by atoms with Crippen molar-refractivity contribution >= 4 is 17.9 Å². The van der Waals surface area contributed by atoms with Crippen LogP contribution >= 0.6 is 12.2 Å². The van der Waals surface area contributed by atoms with Gasteiger partial charge in [0.2, 0.25) is 0 Å². The monoisotopic (exact) mass is 383 g/mol. The number of ether oxygens (including phenoxy) is 2. The third-order valence-corrected chi connectivity index (χ3v) is 4.82. The molecule has 0 saturated carbocycles. The number of hydrogen-bond donors (Lipinski definition) is 2. The Labute approximate surface area is 160 Å². The Morgan fingerprint density at radius 3 is 2.89 bits per heavy atom. The van der Waals surface area contributed by atoms with Crippen molar-refractivity contribution in [2.24, 2.45) is 5.18 Å². The van der Waals surface area contributed by atoms with E-state index in [2.05, 4.69) is 10.2 Å². The topological polar surface area (TPSA) is 88.8 Å². The van der Waals surface area contributed by atoms with Gasteiger partial charge in [-0.15, -0.1) is 4.91 Å². The van der Waals surface area contributed by atoms with E-state index < -0.39 is 0 Å². The zero-order valence-corrected chi connectivity index (χ0v) is 15.4. The highest BCUT2D eigenvalue weighted by Crippen LogP contribution is 2.41. The van der Waals surface area contributed by atoms with E-state index in [0.717, 1.165) is 0 Å². The Morgan fingerprint density at radius 1 is 1.30 bits per heavy atom. The molecule has 8 heteroatoms. The molecule has 7 nitrogen and oxygen atoms in total. The molecule has 0 atom stereocenters. The summed E-state index contributed by atoms with van der Waals surface area (Å²) in [5.74, 6) is 1.28. The van der Waals surface area contributed by atoms with Crippen LogP contribution in [-0.4, -0.2) is 27.9 Å². The standard InChI is InChI=1S/C19H17N3O4S/c1-2-11-8-12(13(21-24)9-16(11)23)15-10-20-19(27)22(15)14-4-3-5-17-18(14)26-7-6-25-17/h3-5,8-10,23H,2,6-7H2,1H3,(H,20,27). The zero-order chi connectivity index (χ0) is 19.0. The summed E-state index contributed by atoms with van der Waals surface area (Å²) in [6.07, 6.45) is 2.33. The molecule has 0 radical (unpaired) electrons. The Morgan fingerprint density at radius 2 is 2.11 bits per heavy atom. The molecule has 0 bridgehead atoms. The molecule has 0 fully saturated rings. The zero-order valence-electron chi connectivity index (χ0n) is 14.6. The maximum absolute atomic E-state index is 11.4. The highest BCUT2D eigenvalue weighted by Gasteiger charge is 2.22. The van der Waals surface area contributed by atoms with Crippen LogP contribution in [0.3, 0.4) is 0 Å². The van der Waals surface area contributed by atoms with Crippen molar-refractivity contribution in [3.8, 4) is 34.2 Å². The number of imidazole rings is 1. The molecular weight excluding hydrogens is 366 g/mol. The lowest BCUT2D eigenvalue weighted by atomic mass is 10.0. The third-order valence-electron chi connectivity index (χ3n) is 4.51. The average molecular weight is 383 g/mol. The summed E-state index contributed by atoms with van der Waals surface area (Å²) >= 11 is 5.48. The van der Waals surface area contributed by atoms with Crippen LogP contribution in [-0.2, 0) is 6.42 Å². The van der Waals surface area contributed by atoms with E-state index in [1.807, 2.05) is 25.1 Å². The second kappa shape index (κ2) is 6.88. The minimum absolute atomic E-state index is 0.0466. The third kappa shape index (κ3) is 2.87. The Kier molecular flexibility index (Phi) is 4.41. The number of H-pyrrole nitrogens is 1. The Hall–Kier alpha value is -3.13. The maximum atomic E-state index is 11.4. The number of fused-ring (bicyclic) bond motifs is 1. The van der Waals surface area contributed by atoms with Gasteiger partial charge in [-0.25, -0.2) is 0 Å². The van der Waals surface area contributed by atoms with Gasteiger partial charge in [0.1, 0.15) is 24.7 Å². The van der Waals surface area contributed by atoms with Crippen LogP contribution in [0.4, 0.5) is 5.69 Å². The van der Waals surface area contributed by atoms with E-state index in [0.29, 0.717) is 58.4 Å². The lowest BCUT2D eigenvalue weighted by molar-refractivity contribution is 0.171. The van der Waals surface area contributed by atoms with Gasteiger partial charge in [-0.3, -0.25) is 4.57 Å². The van der Waals surface area contributed by atoms with Crippen molar-refractivity contribution in [3.05, 3.63) is 51.8 Å². The van der Waals surface area contributed by atoms with E-state index in [9.17, 15) is 10.0 Å². The van der Waals surface area contributed by atoms with E-state index in [1.165, 1.54) is 6.07 Å². The molecule has 138 valence electrons. The van der Waals surface area contributed by atoms with E-state index in [4.69, 9.17) is 21.7 Å². The Bertz CT molecular complexity index is 1090. The second-order valence-corrected chi connectivity index (χ2v) is 6.45. The van der Waals surface area contributed by atoms with Gasteiger partial charge in [-0.2, -0.15) is 0 Å². The number of aromatic amines is 1. The molecule has 2 aromatic carbocycles. The first-order valence-electron chi connectivity index (χ1n) is 8.53. The summed E-state index contributed by atoms with van der Waals surface area (Å²) < 4.78 is 13.7. The number of nitrogens with one attached hydrogen (secondary N) is 1. The van der Waals surface area contributed by atoms with Crippen LogP contribution in [0.1, 0.15) is 12.5 Å². The van der Waals surface area contributed by atoms with Crippen LogP contribution in [0.2, 0.25) is 0 Å². The number of phenols is 1. The van der Waals surface area contributed by atoms with Gasteiger partial charge in [0, 0.05) is 17.8 Å². The van der Waals surface area contributed by atoms with Crippen molar-refractivity contribution < 1.29 is 14.6 Å². The molecule has 0 amide bonds. The molecule has 1 aliphatic rings. The smallest absolute Gasteiger partial charge is 0.185 e. The number of benzene rings is 2. The summed E-state index contributed by atoms with van der Waals surface area (Å²) in [5.41, 5.74) is 2.77. The molecule has 2 heterocycles. The number of hydrogen-bond acceptors (Lipinski definition) is 6. The van der Waals surface area contributed by atoms with Gasteiger partial charge >= 0.3 is 0 Å². The molecule has 4 rings (SSSR count). The summed E-state index contributed by atoms with van der Waals surface area (Å²) in [7, 11) is 0. The van der Waals surface area contributed by atoms with Crippen molar-refractivity contribution in [2.75, 3.05) is 13.2 Å². The predicted molar refractivity (Wildman–Crippen MR) is 104 cm³/mol. The van der Waals surface area contributed by atoms with Gasteiger partial charge in [0.15, 0.2) is 16.3 Å². The quantitative estimate of drug-likeness (QED) is 0.506. The largest absolute Gasteiger partial charge is 0.508 e. The van der Waals surface area contributed by atoms with Crippen molar-refractivity contribution in [1.29, 1.82) is 0 Å². The van der Waals surface area contributed by atoms with Crippen LogP contribution in [0, 0.1) is 9.68 Å². The summed E-state index contributed by atoms with van der Waals surface area (Å²) in [6.45, 7) is 2.85. The fourth-order valence-corrected chi connectivity index (χ4v) is 3.48. The number of phenolic OH excluding ortho intramolecular Hbond substituents is 1. The molecule has 27 heavy (non-hydrogen) atoms. The van der Waals surface area contributed by atoms with E-state index >= 15 is 0 Å². The lowest BCUT2D eigenvalue weighted by Gasteiger charge is -2.22. The Balaban J connectivity index is 1.98. The van der Waals surface area contributed by atoms with Gasteiger partial charge < -0.3 is 19.6 Å². The first-order chi connectivity index (χ1) is 13.1. The molecule has 3 aromatic rings. The number of nitrogens with zero attached hydrogens (tertiary/aromatic N) is 2. The van der Waals surface area contributed by atoms with Crippen molar-refractivity contribution in [1.82, 2.24) is 9.55 Å². The van der Waals surface area contributed by atoms with Gasteiger partial charge in [-0.05, 0) is 47.6 Å². The molecular formula is C19H17N3O4S. The number of rotatable bonds is 4. The van der Waals surface area contributed by atoms with Crippen LogP contribution in [0.5, 0.6) is 17.2 Å². The predicted octanol–water partition coefficient (Wildman–Crippen LogP) is 4.64. The summed E-state index contributed by atoms with van der Waals surface area (Å²) in [4.78, 5) is 14.4. The normalized spacial score (nSPS) is 12.8. The van der Waals surface area contributed by atoms with Crippen molar-refractivity contribution in [3.63, 3.8) is 0 Å². The second-order valence-electron chi connectivity index (χ2n) is 6.06. The van der Waals surface area contributed by atoms with Crippen LogP contribution in [0.25, 0.3) is 16.9 Å². The molecule has 0 unspecified atom stereocenters. The first kappa shape index (κ1) is 17.3. The molecule has 1 aromatic heterocycles. The highest BCUT2D eigenvalue weighted by molar-refractivity contribution is 7.71. The number of aryl methyl sites for hydroxylation is 1. The summed E-state index contributed by atoms with van der Waals surface area (Å²) in [6, 6.07) is 8.70. The van der Waals surface area contributed by atoms with Crippen LogP contribution in [0.15, 0.2) is 41.7 Å². The number of nitroso groups, excluding NO2 is 1. The SMILES string of the molecule is CCc1cc(-c2c[nH]c(=S)n2-c2cccc3c2OCCO3)c(N=O)cc1O. The van der Waals surface area contributed by atoms with E-state index in [1.54, 1.807) is 16.8 Å². The molecule has 0 saturated heterocycles. The minimum Gasteiger partial charge on any atom is -0.508 e. The minimum atomic E-state index is 0.0466. The van der Waals surface area contributed by atoms with Gasteiger partial charge in [0.05, 0.1) is 11.4 Å². The van der Waals surface area contributed by atoms with Crippen molar-refractivity contribution in [2.45, 2.75) is 13.3 Å². The summed E-state index contributed by atoms with van der Waals surface area (Å²) in [5, 5.41) is 13.2. The number of aromatic hydroxyl groups is 1. The average Bonchev–Trinajstić information content (AvgIpc) is 3.08. The van der Waals surface area contributed by atoms with Crippen LogP contribution < -0.4 is 9.47 Å².